The Bertz CT molecular complexity index is 405. The molecule has 5 nitrogen and oxygen atoms in total. The minimum Gasteiger partial charge on any atom is -0.409 e. The van der Waals surface area contributed by atoms with Gasteiger partial charge in [-0.15, -0.1) is 0 Å². The van der Waals surface area contributed by atoms with Crippen molar-refractivity contribution in [3.8, 4) is 0 Å². The van der Waals surface area contributed by atoms with Gasteiger partial charge in [0.15, 0.2) is 5.84 Å². The molecular formula is C13H21N3O2S. The number of benzene rings is 1. The predicted molar refractivity (Wildman–Crippen MR) is 79.6 cm³/mol. The van der Waals surface area contributed by atoms with Gasteiger partial charge in [0.1, 0.15) is 0 Å². The van der Waals surface area contributed by atoms with E-state index in [-0.39, 0.29) is 23.7 Å². The smallest absolute Gasteiger partial charge is 0.170 e. The first-order valence-corrected chi connectivity index (χ1v) is 7.35. The quantitative estimate of drug-likeness (QED) is 0.259. The number of oxime groups is 1. The van der Waals surface area contributed by atoms with E-state index < -0.39 is 0 Å². The lowest BCUT2D eigenvalue weighted by molar-refractivity contribution is 0.276. The van der Waals surface area contributed by atoms with Crippen molar-refractivity contribution in [3.05, 3.63) is 35.4 Å². The van der Waals surface area contributed by atoms with E-state index in [9.17, 15) is 5.11 Å². The highest BCUT2D eigenvalue weighted by molar-refractivity contribution is 7.99. The van der Waals surface area contributed by atoms with Crippen molar-refractivity contribution in [1.82, 2.24) is 5.32 Å². The number of nitrogens with two attached hydrogens (primary N) is 1. The first-order valence-electron chi connectivity index (χ1n) is 6.06. The van der Waals surface area contributed by atoms with E-state index in [0.29, 0.717) is 12.1 Å². The maximum absolute atomic E-state index is 9.21. The summed E-state index contributed by atoms with van der Waals surface area (Å²) in [5, 5.41) is 24.3. The van der Waals surface area contributed by atoms with Crippen LogP contribution < -0.4 is 11.1 Å². The zero-order valence-electron chi connectivity index (χ0n) is 11.2. The number of aliphatic hydroxyl groups excluding tert-OH is 1. The van der Waals surface area contributed by atoms with Gasteiger partial charge in [-0.05, 0) is 18.7 Å². The van der Waals surface area contributed by atoms with E-state index in [0.717, 1.165) is 5.56 Å². The summed E-state index contributed by atoms with van der Waals surface area (Å²) in [6.07, 6.45) is 1.99. The van der Waals surface area contributed by atoms with E-state index in [1.165, 1.54) is 0 Å². The minimum atomic E-state index is 0.107. The highest BCUT2D eigenvalue weighted by Crippen LogP contribution is 2.11. The molecule has 0 aliphatic carbocycles. The van der Waals surface area contributed by atoms with Crippen molar-refractivity contribution in [3.63, 3.8) is 0 Å². The third kappa shape index (κ3) is 4.74. The van der Waals surface area contributed by atoms with Crippen LogP contribution in [0.25, 0.3) is 0 Å². The van der Waals surface area contributed by atoms with Gasteiger partial charge >= 0.3 is 0 Å². The van der Waals surface area contributed by atoms with Crippen LogP contribution in [-0.4, -0.2) is 40.3 Å². The Morgan fingerprint density at radius 1 is 1.42 bits per heavy atom. The first-order chi connectivity index (χ1) is 9.12. The second-order valence-corrected chi connectivity index (χ2v) is 5.39. The van der Waals surface area contributed by atoms with E-state index in [4.69, 9.17) is 10.9 Å². The average Bonchev–Trinajstić information content (AvgIpc) is 2.46. The van der Waals surface area contributed by atoms with Gasteiger partial charge in [-0.25, -0.2) is 0 Å². The molecular weight excluding hydrogens is 262 g/mol. The fourth-order valence-electron chi connectivity index (χ4n) is 1.70. The summed E-state index contributed by atoms with van der Waals surface area (Å²) in [4.78, 5) is 0. The third-order valence-electron chi connectivity index (χ3n) is 3.03. The van der Waals surface area contributed by atoms with Gasteiger partial charge in [-0.1, -0.05) is 29.4 Å². The highest BCUT2D eigenvalue weighted by Gasteiger charge is 2.14. The van der Waals surface area contributed by atoms with Crippen LogP contribution in [0.1, 0.15) is 18.1 Å². The molecule has 0 aliphatic heterocycles. The molecule has 1 aromatic carbocycles. The van der Waals surface area contributed by atoms with Crippen molar-refractivity contribution < 1.29 is 10.3 Å². The molecule has 0 saturated heterocycles. The molecule has 1 rings (SSSR count). The summed E-state index contributed by atoms with van der Waals surface area (Å²) in [7, 11) is 0. The maximum atomic E-state index is 9.21. The van der Waals surface area contributed by atoms with Crippen LogP contribution in [0.15, 0.2) is 29.4 Å². The molecule has 0 bridgehead atoms. The number of hydrogen-bond donors (Lipinski definition) is 4. The Labute approximate surface area is 117 Å². The second kappa shape index (κ2) is 8.04. The molecule has 0 aliphatic rings. The highest BCUT2D eigenvalue weighted by atomic mass is 32.2. The Hall–Kier alpha value is -1.24. The van der Waals surface area contributed by atoms with Gasteiger partial charge in [0, 0.05) is 23.4 Å². The largest absolute Gasteiger partial charge is 0.409 e. The lowest BCUT2D eigenvalue weighted by atomic mass is 10.1. The molecule has 0 heterocycles. The van der Waals surface area contributed by atoms with Crippen LogP contribution in [0.5, 0.6) is 0 Å². The SMILES string of the molecule is CSC(CO)C(C)NCc1ccc(/C(N)=N/O)cc1. The molecule has 0 aromatic heterocycles. The fraction of sp³-hybridized carbons (Fsp3) is 0.462. The third-order valence-corrected chi connectivity index (χ3v) is 4.19. The van der Waals surface area contributed by atoms with Gasteiger partial charge in [-0.3, -0.25) is 0 Å². The molecule has 5 N–H and O–H groups in total. The molecule has 2 unspecified atom stereocenters. The van der Waals surface area contributed by atoms with E-state index in [1.54, 1.807) is 11.8 Å². The van der Waals surface area contributed by atoms with Crippen molar-refractivity contribution >= 4 is 17.6 Å². The summed E-state index contributed by atoms with van der Waals surface area (Å²) in [5.74, 6) is 0.107. The van der Waals surface area contributed by atoms with Gasteiger partial charge in [0.05, 0.1) is 6.61 Å². The zero-order valence-corrected chi connectivity index (χ0v) is 12.0. The number of nitrogens with one attached hydrogen (secondary N) is 1. The molecule has 0 fully saturated rings. The molecule has 0 saturated carbocycles. The molecule has 19 heavy (non-hydrogen) atoms. The average molecular weight is 283 g/mol. The standard InChI is InChI=1S/C13H21N3O2S/c1-9(12(8-17)19-2)15-7-10-3-5-11(6-4-10)13(14)16-18/h3-6,9,12,15,17-18H,7-8H2,1-2H3,(H2,14,16). The van der Waals surface area contributed by atoms with Crippen LogP contribution in [-0.2, 0) is 6.54 Å². The number of amidine groups is 1. The number of thioether (sulfide) groups is 1. The van der Waals surface area contributed by atoms with E-state index >= 15 is 0 Å². The van der Waals surface area contributed by atoms with Crippen molar-refractivity contribution in [2.45, 2.75) is 24.8 Å². The molecule has 0 amide bonds. The van der Waals surface area contributed by atoms with E-state index in [1.807, 2.05) is 30.5 Å². The van der Waals surface area contributed by atoms with Crippen LogP contribution in [0.3, 0.4) is 0 Å². The zero-order chi connectivity index (χ0) is 14.3. The Kier molecular flexibility index (Phi) is 6.69. The summed E-state index contributed by atoms with van der Waals surface area (Å²) in [6.45, 7) is 2.94. The lowest BCUT2D eigenvalue weighted by Gasteiger charge is -2.21. The molecule has 6 heteroatoms. The van der Waals surface area contributed by atoms with Crippen LogP contribution >= 0.6 is 11.8 Å². The Morgan fingerprint density at radius 2 is 2.05 bits per heavy atom. The number of nitrogens with zero attached hydrogens (tertiary/aromatic N) is 1. The maximum Gasteiger partial charge on any atom is 0.170 e. The van der Waals surface area contributed by atoms with Crippen LogP contribution in [0.4, 0.5) is 0 Å². The van der Waals surface area contributed by atoms with Crippen molar-refractivity contribution in [2.75, 3.05) is 12.9 Å². The normalized spacial score (nSPS) is 15.2. The first kappa shape index (κ1) is 15.8. The van der Waals surface area contributed by atoms with Crippen molar-refractivity contribution in [2.24, 2.45) is 10.9 Å². The second-order valence-electron chi connectivity index (χ2n) is 4.31. The fourth-order valence-corrected chi connectivity index (χ4v) is 2.35. The summed E-state index contributed by atoms with van der Waals surface area (Å²) < 4.78 is 0. The Morgan fingerprint density at radius 3 is 2.53 bits per heavy atom. The summed E-state index contributed by atoms with van der Waals surface area (Å²) in [6, 6.07) is 7.72. The molecule has 0 radical (unpaired) electrons. The lowest BCUT2D eigenvalue weighted by Crippen LogP contribution is -2.37. The van der Waals surface area contributed by atoms with E-state index in [2.05, 4.69) is 17.4 Å². The number of hydrogen-bond acceptors (Lipinski definition) is 5. The summed E-state index contributed by atoms with van der Waals surface area (Å²) >= 11 is 1.65. The monoisotopic (exact) mass is 283 g/mol. The van der Waals surface area contributed by atoms with Gasteiger partial charge in [0.2, 0.25) is 0 Å². The molecule has 106 valence electrons. The molecule has 2 atom stereocenters. The Balaban J connectivity index is 2.54. The molecule has 0 spiro atoms. The van der Waals surface area contributed by atoms with Crippen LogP contribution in [0.2, 0.25) is 0 Å². The summed E-state index contributed by atoms with van der Waals surface area (Å²) in [5.41, 5.74) is 7.30. The van der Waals surface area contributed by atoms with Gasteiger partial charge < -0.3 is 21.4 Å². The van der Waals surface area contributed by atoms with Gasteiger partial charge in [-0.2, -0.15) is 11.8 Å². The number of aliphatic hydroxyl groups is 1. The predicted octanol–water partition coefficient (Wildman–Crippen LogP) is 0.983. The topological polar surface area (TPSA) is 90.9 Å². The van der Waals surface area contributed by atoms with Crippen molar-refractivity contribution in [1.29, 1.82) is 0 Å². The number of rotatable bonds is 7. The van der Waals surface area contributed by atoms with Gasteiger partial charge in [0.25, 0.3) is 0 Å². The van der Waals surface area contributed by atoms with Crippen LogP contribution in [0, 0.1) is 0 Å². The minimum absolute atomic E-state index is 0.107. The molecule has 1 aromatic rings.